The minimum atomic E-state index is -0.311. The van der Waals surface area contributed by atoms with Crippen LogP contribution in [0.3, 0.4) is 0 Å². The van der Waals surface area contributed by atoms with Gasteiger partial charge in [0.05, 0.1) is 13.1 Å². The van der Waals surface area contributed by atoms with Crippen LogP contribution in [-0.2, 0) is 25.9 Å². The Balaban J connectivity index is 0.000000168. The third kappa shape index (κ3) is 6.19. The lowest BCUT2D eigenvalue weighted by molar-refractivity contribution is 0.622. The largest absolute Gasteiger partial charge is 0.306 e. The maximum Gasteiger partial charge on any atom is 0.296 e. The highest BCUT2D eigenvalue weighted by Crippen LogP contribution is 2.08. The van der Waals surface area contributed by atoms with E-state index in [1.54, 1.807) is 44.1 Å². The van der Waals surface area contributed by atoms with Gasteiger partial charge in [0.2, 0.25) is 11.3 Å². The van der Waals surface area contributed by atoms with Crippen LogP contribution in [0.1, 0.15) is 55.0 Å². The lowest BCUT2D eigenvalue weighted by Gasteiger charge is -2.07. The van der Waals surface area contributed by atoms with Crippen molar-refractivity contribution in [1.29, 1.82) is 0 Å². The Morgan fingerprint density at radius 1 is 0.667 bits per heavy atom. The van der Waals surface area contributed by atoms with E-state index in [1.807, 2.05) is 38.2 Å². The van der Waals surface area contributed by atoms with E-state index in [1.165, 1.54) is 22.3 Å². The van der Waals surface area contributed by atoms with Gasteiger partial charge in [0.15, 0.2) is 0 Å². The summed E-state index contributed by atoms with van der Waals surface area (Å²) in [6.07, 6.45) is 10.7. The summed E-state index contributed by atoms with van der Waals surface area (Å²) in [5.41, 5.74) is 3.40. The molecule has 0 radical (unpaired) electrons. The molecule has 0 unspecified atom stereocenters. The van der Waals surface area contributed by atoms with E-state index in [9.17, 15) is 14.0 Å². The zero-order chi connectivity index (χ0) is 29.6. The number of aromatic nitrogens is 8. The number of fused-ring (bicyclic) bond motifs is 2. The summed E-state index contributed by atoms with van der Waals surface area (Å²) in [7, 11) is 0. The van der Waals surface area contributed by atoms with Gasteiger partial charge in [-0.25, -0.2) is 4.39 Å². The van der Waals surface area contributed by atoms with Gasteiger partial charge in [0.1, 0.15) is 17.5 Å². The average Bonchev–Trinajstić information content (AvgIpc) is 3.58. The van der Waals surface area contributed by atoms with Crippen molar-refractivity contribution in [3.8, 4) is 0 Å². The number of halogens is 1. The molecule has 0 fully saturated rings. The minimum absolute atomic E-state index is 0.103. The van der Waals surface area contributed by atoms with Crippen LogP contribution in [0.15, 0.2) is 82.9 Å². The van der Waals surface area contributed by atoms with Crippen molar-refractivity contribution in [2.45, 2.75) is 59.5 Å². The molecule has 42 heavy (non-hydrogen) atoms. The molecule has 6 rings (SSSR count). The van der Waals surface area contributed by atoms with Gasteiger partial charge >= 0.3 is 0 Å². The molecule has 0 saturated carbocycles. The zero-order valence-electron chi connectivity index (χ0n) is 23.9. The first-order valence-electron chi connectivity index (χ1n) is 14.0. The summed E-state index contributed by atoms with van der Waals surface area (Å²) in [6.45, 7) is 7.04. The van der Waals surface area contributed by atoms with E-state index >= 15 is 0 Å². The van der Waals surface area contributed by atoms with Gasteiger partial charge < -0.3 is 9.13 Å². The number of benzene rings is 2. The highest BCUT2D eigenvalue weighted by Gasteiger charge is 2.11. The van der Waals surface area contributed by atoms with Gasteiger partial charge in [-0.2, -0.15) is 0 Å². The second-order valence-electron chi connectivity index (χ2n) is 10.2. The summed E-state index contributed by atoms with van der Waals surface area (Å²) in [5, 5.41) is 16.2. The Labute approximate surface area is 241 Å². The summed E-state index contributed by atoms with van der Waals surface area (Å²) in [5.74, 6) is 1.31. The van der Waals surface area contributed by atoms with Crippen molar-refractivity contribution in [2.24, 2.45) is 0 Å². The van der Waals surface area contributed by atoms with Gasteiger partial charge in [-0.05, 0) is 43.0 Å². The molecule has 4 aromatic heterocycles. The van der Waals surface area contributed by atoms with E-state index in [0.717, 1.165) is 48.5 Å². The first kappa shape index (κ1) is 28.6. The Hall–Kier alpha value is -4.93. The molecule has 6 aromatic rings. The Morgan fingerprint density at radius 3 is 1.64 bits per heavy atom. The van der Waals surface area contributed by atoms with Crippen LogP contribution >= 0.6 is 0 Å². The van der Waals surface area contributed by atoms with Crippen LogP contribution in [0.25, 0.3) is 11.3 Å². The fraction of sp³-hybridized carbons (Fsp3) is 0.290. The highest BCUT2D eigenvalue weighted by atomic mass is 19.1. The predicted octanol–water partition coefficient (Wildman–Crippen LogP) is 4.23. The van der Waals surface area contributed by atoms with Crippen molar-refractivity contribution < 1.29 is 4.39 Å². The maximum absolute atomic E-state index is 13.2. The van der Waals surface area contributed by atoms with Crippen molar-refractivity contribution in [2.75, 3.05) is 0 Å². The van der Waals surface area contributed by atoms with Crippen molar-refractivity contribution in [3.05, 3.63) is 128 Å². The Kier molecular flexibility index (Phi) is 8.66. The fourth-order valence-electron chi connectivity index (χ4n) is 4.82. The molecule has 4 heterocycles. The summed E-state index contributed by atoms with van der Waals surface area (Å²) in [6, 6.07) is 14.4. The molecule has 0 spiro atoms. The Morgan fingerprint density at radius 2 is 1.17 bits per heavy atom. The van der Waals surface area contributed by atoms with Crippen LogP contribution in [0.2, 0.25) is 0 Å². The minimum Gasteiger partial charge on any atom is -0.306 e. The first-order valence-corrected chi connectivity index (χ1v) is 14.0. The quantitative estimate of drug-likeness (QED) is 0.272. The molecule has 0 atom stereocenters. The fourth-order valence-corrected chi connectivity index (χ4v) is 4.82. The molecule has 11 heteroatoms. The molecular formula is C31H33FN8O2. The predicted molar refractivity (Wildman–Crippen MR) is 158 cm³/mol. The van der Waals surface area contributed by atoms with Crippen molar-refractivity contribution in [3.63, 3.8) is 0 Å². The van der Waals surface area contributed by atoms with E-state index in [0.29, 0.717) is 24.4 Å². The SMILES string of the molecule is CCCc1nnc2c(=O)n(Cc3cccc(C)c3)ccn12.CCCc1nnc2c(=O)n(Cc3cccc(F)c3)ccn12. The number of rotatable bonds is 8. The van der Waals surface area contributed by atoms with E-state index in [-0.39, 0.29) is 16.9 Å². The van der Waals surface area contributed by atoms with Gasteiger partial charge in [0, 0.05) is 37.6 Å². The number of hydrogen-bond donors (Lipinski definition) is 0. The number of hydrogen-bond acceptors (Lipinski definition) is 6. The second kappa shape index (κ2) is 12.7. The van der Waals surface area contributed by atoms with Gasteiger partial charge in [-0.15, -0.1) is 20.4 Å². The molecule has 0 saturated heterocycles. The lowest BCUT2D eigenvalue weighted by atomic mass is 10.1. The lowest BCUT2D eigenvalue weighted by Crippen LogP contribution is -2.22. The molecule has 0 amide bonds. The van der Waals surface area contributed by atoms with Gasteiger partial charge in [0.25, 0.3) is 11.1 Å². The molecule has 0 N–H and O–H groups in total. The molecule has 0 aliphatic rings. The summed E-state index contributed by atoms with van der Waals surface area (Å²) in [4.78, 5) is 24.9. The molecule has 2 aromatic carbocycles. The van der Waals surface area contributed by atoms with Crippen molar-refractivity contribution >= 4 is 11.3 Å². The molecular weight excluding hydrogens is 535 g/mol. The first-order chi connectivity index (χ1) is 20.4. The second-order valence-corrected chi connectivity index (χ2v) is 10.2. The maximum atomic E-state index is 13.2. The van der Waals surface area contributed by atoms with Crippen LogP contribution < -0.4 is 11.1 Å². The number of nitrogens with zero attached hydrogens (tertiary/aromatic N) is 8. The highest BCUT2D eigenvalue weighted by molar-refractivity contribution is 5.36. The van der Waals surface area contributed by atoms with Gasteiger partial charge in [-0.1, -0.05) is 55.8 Å². The standard InChI is InChI=1S/C16H18N4O.C15H15FN4O/c1-3-5-14-17-18-15-16(21)19(8-9-20(14)15)11-13-7-4-6-12(2)10-13;1-2-4-13-17-18-14-15(21)19(7-8-20(13)14)10-11-5-3-6-12(16)9-11/h4,6-10H,3,5,11H2,1-2H3;3,5-9H,2,4,10H2,1H3. The van der Waals surface area contributed by atoms with Crippen LogP contribution in [0, 0.1) is 12.7 Å². The normalized spacial score (nSPS) is 11.1. The molecule has 10 nitrogen and oxygen atoms in total. The number of aryl methyl sites for hydroxylation is 3. The summed E-state index contributed by atoms with van der Waals surface area (Å²) >= 11 is 0. The van der Waals surface area contributed by atoms with Crippen LogP contribution in [0.4, 0.5) is 4.39 Å². The van der Waals surface area contributed by atoms with E-state index in [2.05, 4.69) is 33.4 Å². The van der Waals surface area contributed by atoms with Crippen LogP contribution in [0.5, 0.6) is 0 Å². The van der Waals surface area contributed by atoms with Crippen molar-refractivity contribution in [1.82, 2.24) is 38.3 Å². The molecule has 0 bridgehead atoms. The Bertz CT molecular complexity index is 1810. The van der Waals surface area contributed by atoms with E-state index < -0.39 is 0 Å². The third-order valence-electron chi connectivity index (χ3n) is 6.85. The van der Waals surface area contributed by atoms with Crippen LogP contribution in [-0.4, -0.2) is 38.3 Å². The topological polar surface area (TPSA) is 104 Å². The average molecular weight is 569 g/mol. The zero-order valence-corrected chi connectivity index (χ0v) is 23.9. The molecule has 0 aliphatic heterocycles. The summed E-state index contributed by atoms with van der Waals surface area (Å²) < 4.78 is 19.9. The smallest absolute Gasteiger partial charge is 0.296 e. The van der Waals surface area contributed by atoms with Gasteiger partial charge in [-0.3, -0.25) is 18.4 Å². The molecule has 0 aliphatic carbocycles. The monoisotopic (exact) mass is 568 g/mol. The third-order valence-corrected chi connectivity index (χ3v) is 6.85. The molecule has 216 valence electrons. The van der Waals surface area contributed by atoms with E-state index in [4.69, 9.17) is 0 Å².